The maximum absolute atomic E-state index is 11.9. The first-order valence-corrected chi connectivity index (χ1v) is 22.1. The molecule has 296 valence electrons. The second kappa shape index (κ2) is 29.0. The van der Waals surface area contributed by atoms with E-state index in [0.29, 0.717) is 46.7 Å². The Balaban J connectivity index is 0.000000249. The molecule has 4 N–H and O–H groups in total. The number of Topliss-reactive ketones (excluding diaryl/α,β-unsaturated/α-hetero) is 1. The number of carbonyl (C=O) groups is 3. The second-order valence-electron chi connectivity index (χ2n) is 13.5. The molecular weight excluding hydrogens is 830 g/mol. The summed E-state index contributed by atoms with van der Waals surface area (Å²) in [6, 6.07) is 40.4. The van der Waals surface area contributed by atoms with Crippen LogP contribution in [0.5, 0.6) is 0 Å². The number of aliphatic carboxylic acids is 1. The molecule has 10 heteroatoms. The normalized spacial score (nSPS) is 10.3. The van der Waals surface area contributed by atoms with Gasteiger partial charge in [0.1, 0.15) is 5.78 Å². The van der Waals surface area contributed by atoms with Gasteiger partial charge in [0.2, 0.25) is 0 Å². The van der Waals surface area contributed by atoms with Crippen LogP contribution in [-0.4, -0.2) is 80.5 Å². The van der Waals surface area contributed by atoms with E-state index in [-0.39, 0.29) is 18.1 Å². The second-order valence-corrected chi connectivity index (χ2v) is 17.1. The molecule has 56 heavy (non-hydrogen) atoms. The van der Waals surface area contributed by atoms with Gasteiger partial charge in [0.05, 0.1) is 0 Å². The number of aromatic nitrogens is 2. The van der Waals surface area contributed by atoms with Gasteiger partial charge in [-0.3, -0.25) is 9.59 Å². The molecule has 0 aliphatic heterocycles. The summed E-state index contributed by atoms with van der Waals surface area (Å²) in [5.41, 5.74) is 10.2. The van der Waals surface area contributed by atoms with Crippen LogP contribution in [0.1, 0.15) is 89.2 Å². The number of benzene rings is 4. The average molecular weight is 887 g/mol. The molecule has 8 nitrogen and oxygen atoms in total. The number of unbranched alkanes of at least 4 members (excludes halogenated alkanes) is 5. The van der Waals surface area contributed by atoms with Gasteiger partial charge in [-0.05, 0) is 18.4 Å². The van der Waals surface area contributed by atoms with E-state index in [1.807, 2.05) is 84.9 Å². The molecule has 0 radical (unpaired) electrons. The fourth-order valence-corrected chi connectivity index (χ4v) is 7.92. The maximum Gasteiger partial charge on any atom is 0.303 e. The molecular formula is C46H56N4O4Se2. The molecule has 0 unspecified atom stereocenters. The van der Waals surface area contributed by atoms with Gasteiger partial charge in [-0.15, -0.1) is 0 Å². The molecule has 1 amide bonds. The standard InChI is InChI=1S/C22H25N3OSe.C15H20O3.C9H11NSe/c26-20(16-18-10-4-1-5-11-18)23-15-9-3-8-14-21-24-25-22(27-21)17-19-12-6-2-7-13-19;16-14(12-13-8-4-3-5-9-13)10-6-1-2-7-11-15(17)18;10-7-9(11)6-8-4-2-1-3-5-8/h1-2,4-7,10-13H,3,8-9,14-17H2,(H,23,26);3-5,8-9H,1-2,6-7,10-12H2,(H,17,18);1-5H,6-7,10H2. The Kier molecular flexibility index (Phi) is 23.9. The van der Waals surface area contributed by atoms with Crippen molar-refractivity contribution in [3.63, 3.8) is 0 Å². The molecule has 0 aliphatic carbocycles. The Bertz CT molecular complexity index is 1820. The van der Waals surface area contributed by atoms with E-state index in [4.69, 9.17) is 10.8 Å². The summed E-state index contributed by atoms with van der Waals surface area (Å²) in [6.45, 7) is 1.38. The molecule has 0 spiro atoms. The third kappa shape index (κ3) is 22.3. The summed E-state index contributed by atoms with van der Waals surface area (Å²) in [5, 5.41) is 20.2. The van der Waals surface area contributed by atoms with Crippen molar-refractivity contribution in [1.82, 2.24) is 15.5 Å². The van der Waals surface area contributed by atoms with Crippen molar-refractivity contribution in [3.8, 4) is 0 Å². The number of nitrogens with zero attached hydrogens (tertiary/aromatic N) is 2. The summed E-state index contributed by atoms with van der Waals surface area (Å²) < 4.78 is 3.68. The molecule has 1 heterocycles. The number of hydrogen-bond donors (Lipinski definition) is 3. The SMILES string of the molecule is NCC(=[Se])Cc1ccccc1.O=C(Cc1ccccc1)NCCCCCc1nnc(Cc2ccccc2)[se]1.O=C(O)CCCCCCC(=O)Cc1ccccc1. The first-order chi connectivity index (χ1) is 27.3. The van der Waals surface area contributed by atoms with Gasteiger partial charge in [-0.25, -0.2) is 0 Å². The molecule has 0 saturated heterocycles. The van der Waals surface area contributed by atoms with E-state index in [9.17, 15) is 14.4 Å². The molecule has 4 aromatic carbocycles. The molecule has 0 aliphatic rings. The summed E-state index contributed by atoms with van der Waals surface area (Å²) in [5.74, 6) is -0.377. The molecule has 5 aromatic rings. The third-order valence-electron chi connectivity index (χ3n) is 8.62. The van der Waals surface area contributed by atoms with Crippen molar-refractivity contribution in [2.45, 2.75) is 89.9 Å². The summed E-state index contributed by atoms with van der Waals surface area (Å²) in [7, 11) is 0. The number of amides is 1. The van der Waals surface area contributed by atoms with Crippen LogP contribution in [-0.2, 0) is 46.5 Å². The first-order valence-electron chi connectivity index (χ1n) is 19.5. The summed E-state index contributed by atoms with van der Waals surface area (Å²) in [6.07, 6.45) is 11.3. The zero-order chi connectivity index (χ0) is 40.1. The third-order valence-corrected chi connectivity index (χ3v) is 11.3. The fraction of sp³-hybridized carbons (Fsp3) is 0.348. The number of aryl methyl sites for hydroxylation is 1. The minimum absolute atomic E-state index is 0.101. The number of nitrogens with two attached hydrogens (primary N) is 1. The van der Waals surface area contributed by atoms with Crippen molar-refractivity contribution >= 4 is 52.2 Å². The van der Waals surface area contributed by atoms with Gasteiger partial charge >= 0.3 is 241 Å². The number of ketones is 1. The van der Waals surface area contributed by atoms with Gasteiger partial charge in [-0.1, -0.05) is 49.2 Å². The number of carbonyl (C=O) groups excluding carboxylic acids is 2. The Morgan fingerprint density at radius 2 is 1.07 bits per heavy atom. The van der Waals surface area contributed by atoms with Gasteiger partial charge in [-0.2, -0.15) is 0 Å². The van der Waals surface area contributed by atoms with Gasteiger partial charge in [0.15, 0.2) is 0 Å². The van der Waals surface area contributed by atoms with E-state index < -0.39 is 5.97 Å². The van der Waals surface area contributed by atoms with E-state index in [1.54, 1.807) is 0 Å². The predicted molar refractivity (Wildman–Crippen MR) is 229 cm³/mol. The van der Waals surface area contributed by atoms with E-state index >= 15 is 0 Å². The van der Waals surface area contributed by atoms with E-state index in [1.165, 1.54) is 24.7 Å². The van der Waals surface area contributed by atoms with Crippen LogP contribution < -0.4 is 11.1 Å². The maximum atomic E-state index is 11.9. The average Bonchev–Trinajstić information content (AvgIpc) is 3.66. The van der Waals surface area contributed by atoms with E-state index in [2.05, 4.69) is 67.5 Å². The zero-order valence-corrected chi connectivity index (χ0v) is 35.7. The Morgan fingerprint density at radius 1 is 0.589 bits per heavy atom. The van der Waals surface area contributed by atoms with Crippen LogP contribution in [0.25, 0.3) is 0 Å². The number of rotatable bonds is 22. The molecule has 1 aromatic heterocycles. The summed E-state index contributed by atoms with van der Waals surface area (Å²) in [4.78, 5) is 33.8. The van der Waals surface area contributed by atoms with Crippen molar-refractivity contribution < 1.29 is 19.5 Å². The van der Waals surface area contributed by atoms with Crippen molar-refractivity contribution in [1.29, 1.82) is 0 Å². The Labute approximate surface area is 346 Å². The Morgan fingerprint density at radius 3 is 1.62 bits per heavy atom. The molecule has 5 rings (SSSR count). The van der Waals surface area contributed by atoms with Gasteiger partial charge in [0, 0.05) is 19.3 Å². The summed E-state index contributed by atoms with van der Waals surface area (Å²) >= 11 is 3.27. The minimum Gasteiger partial charge on any atom is -0.481 e. The van der Waals surface area contributed by atoms with Crippen molar-refractivity contribution in [2.24, 2.45) is 5.73 Å². The number of nitrogens with one attached hydrogen (secondary N) is 1. The monoisotopic (exact) mass is 888 g/mol. The van der Waals surface area contributed by atoms with Crippen LogP contribution in [0.4, 0.5) is 0 Å². The topological polar surface area (TPSA) is 135 Å². The zero-order valence-electron chi connectivity index (χ0n) is 32.3. The van der Waals surface area contributed by atoms with Crippen LogP contribution in [0.15, 0.2) is 121 Å². The fourth-order valence-electron chi connectivity index (χ4n) is 5.64. The minimum atomic E-state index is -0.741. The number of carboxylic acids is 1. The molecule has 0 saturated carbocycles. The molecule has 0 atom stereocenters. The first kappa shape index (κ1) is 46.1. The molecule has 0 fully saturated rings. The van der Waals surface area contributed by atoms with Crippen LogP contribution in [0.3, 0.4) is 0 Å². The predicted octanol–water partition coefficient (Wildman–Crippen LogP) is 6.95. The van der Waals surface area contributed by atoms with Gasteiger partial charge in [0.25, 0.3) is 0 Å². The Hall–Kier alpha value is -4.30. The van der Waals surface area contributed by atoms with Crippen molar-refractivity contribution in [2.75, 3.05) is 13.1 Å². The van der Waals surface area contributed by atoms with Gasteiger partial charge < -0.3 is 5.11 Å². The largest absolute Gasteiger partial charge is 0.481 e. The van der Waals surface area contributed by atoms with E-state index in [0.717, 1.165) is 75.5 Å². The van der Waals surface area contributed by atoms with Crippen molar-refractivity contribution in [3.05, 3.63) is 153 Å². The smallest absolute Gasteiger partial charge is 0.303 e. The quantitative estimate of drug-likeness (QED) is 0.0506. The van der Waals surface area contributed by atoms with Crippen LogP contribution in [0.2, 0.25) is 0 Å². The molecule has 0 bridgehead atoms. The number of carboxylic acid groups (broad SMARTS) is 1. The van der Waals surface area contributed by atoms with Crippen LogP contribution >= 0.6 is 0 Å². The van der Waals surface area contributed by atoms with Crippen LogP contribution in [0, 0.1) is 0 Å². The number of hydrogen-bond acceptors (Lipinski definition) is 6.